The molecule has 0 spiro atoms. The van der Waals surface area contributed by atoms with Crippen molar-refractivity contribution in [1.82, 2.24) is 10.3 Å². The van der Waals surface area contributed by atoms with Crippen LogP contribution in [0.25, 0.3) is 11.3 Å². The zero-order chi connectivity index (χ0) is 21.5. The van der Waals surface area contributed by atoms with E-state index in [0.29, 0.717) is 34.5 Å². The topological polar surface area (TPSA) is 98.6 Å². The van der Waals surface area contributed by atoms with Gasteiger partial charge in [-0.25, -0.2) is 4.98 Å². The number of rotatable bonds is 8. The summed E-state index contributed by atoms with van der Waals surface area (Å²) in [6, 6.07) is 12.0. The van der Waals surface area contributed by atoms with E-state index >= 15 is 0 Å². The number of hydrogen-bond donors (Lipinski definition) is 2. The molecule has 0 saturated heterocycles. The van der Waals surface area contributed by atoms with E-state index < -0.39 is 4.92 Å². The van der Waals surface area contributed by atoms with Crippen LogP contribution in [0.15, 0.2) is 47.8 Å². The van der Waals surface area contributed by atoms with Crippen molar-refractivity contribution in [3.8, 4) is 22.8 Å². The molecule has 0 unspecified atom stereocenters. The van der Waals surface area contributed by atoms with Gasteiger partial charge in [0, 0.05) is 29.6 Å². The molecule has 0 fully saturated rings. The summed E-state index contributed by atoms with van der Waals surface area (Å²) >= 11 is 6.71. The molecule has 0 bridgehead atoms. The first-order chi connectivity index (χ1) is 14.5. The maximum absolute atomic E-state index is 10.9. The first-order valence-corrected chi connectivity index (χ1v) is 10.2. The van der Waals surface area contributed by atoms with Crippen molar-refractivity contribution in [2.45, 2.75) is 6.42 Å². The SMILES string of the molecule is COc1ccc(OC)c(CCNC(=S)Nc2nc(-c3cccc([N+](=O)[O-])c3)cs2)c1. The Morgan fingerprint density at radius 2 is 2.07 bits per heavy atom. The van der Waals surface area contributed by atoms with Crippen LogP contribution in [-0.4, -0.2) is 35.8 Å². The number of nitrogens with one attached hydrogen (secondary N) is 2. The van der Waals surface area contributed by atoms with Gasteiger partial charge in [-0.1, -0.05) is 12.1 Å². The van der Waals surface area contributed by atoms with E-state index in [2.05, 4.69) is 15.6 Å². The molecule has 3 aromatic rings. The fourth-order valence-electron chi connectivity index (χ4n) is 2.77. The maximum atomic E-state index is 10.9. The number of anilines is 1. The summed E-state index contributed by atoms with van der Waals surface area (Å²) < 4.78 is 10.6. The maximum Gasteiger partial charge on any atom is 0.270 e. The number of methoxy groups -OCH3 is 2. The molecular weight excluding hydrogens is 424 g/mol. The van der Waals surface area contributed by atoms with Gasteiger partial charge in [-0.3, -0.25) is 10.1 Å². The van der Waals surface area contributed by atoms with E-state index in [1.54, 1.807) is 26.4 Å². The molecule has 0 aliphatic heterocycles. The molecule has 0 aliphatic rings. The second-order valence-corrected chi connectivity index (χ2v) is 7.42. The van der Waals surface area contributed by atoms with Gasteiger partial charge in [0.1, 0.15) is 11.5 Å². The van der Waals surface area contributed by atoms with E-state index in [1.807, 2.05) is 23.6 Å². The highest BCUT2D eigenvalue weighted by atomic mass is 32.1. The lowest BCUT2D eigenvalue weighted by molar-refractivity contribution is -0.384. The first-order valence-electron chi connectivity index (χ1n) is 8.96. The average Bonchev–Trinajstić information content (AvgIpc) is 3.22. The monoisotopic (exact) mass is 444 g/mol. The average molecular weight is 445 g/mol. The fourth-order valence-corrected chi connectivity index (χ4v) is 3.76. The second kappa shape index (κ2) is 9.99. The van der Waals surface area contributed by atoms with Crippen molar-refractivity contribution in [2.75, 3.05) is 26.1 Å². The zero-order valence-corrected chi connectivity index (χ0v) is 18.0. The number of thiocarbonyl (C=S) groups is 1. The summed E-state index contributed by atoms with van der Waals surface area (Å²) in [4.78, 5) is 15.0. The lowest BCUT2D eigenvalue weighted by atomic mass is 10.1. The van der Waals surface area contributed by atoms with E-state index in [0.717, 1.165) is 17.1 Å². The van der Waals surface area contributed by atoms with E-state index in [1.165, 1.54) is 23.5 Å². The molecule has 0 aliphatic carbocycles. The van der Waals surface area contributed by atoms with Crippen molar-refractivity contribution < 1.29 is 14.4 Å². The van der Waals surface area contributed by atoms with Crippen molar-refractivity contribution in [1.29, 1.82) is 0 Å². The summed E-state index contributed by atoms with van der Waals surface area (Å²) in [5.74, 6) is 1.56. The van der Waals surface area contributed by atoms with Crippen LogP contribution in [0, 0.1) is 10.1 Å². The quantitative estimate of drug-likeness (QED) is 0.302. The van der Waals surface area contributed by atoms with Gasteiger partial charge in [-0.15, -0.1) is 11.3 Å². The molecule has 0 atom stereocenters. The number of non-ortho nitro benzene ring substituents is 1. The number of nitro benzene ring substituents is 1. The van der Waals surface area contributed by atoms with Crippen molar-refractivity contribution in [2.24, 2.45) is 0 Å². The molecule has 2 N–H and O–H groups in total. The third-order valence-corrected chi connectivity index (χ3v) is 5.25. The van der Waals surface area contributed by atoms with Crippen molar-refractivity contribution in [3.05, 3.63) is 63.5 Å². The van der Waals surface area contributed by atoms with E-state index in [4.69, 9.17) is 21.7 Å². The van der Waals surface area contributed by atoms with Gasteiger partial charge >= 0.3 is 0 Å². The minimum Gasteiger partial charge on any atom is -0.497 e. The van der Waals surface area contributed by atoms with Crippen LogP contribution in [-0.2, 0) is 6.42 Å². The largest absolute Gasteiger partial charge is 0.497 e. The smallest absolute Gasteiger partial charge is 0.270 e. The van der Waals surface area contributed by atoms with E-state index in [-0.39, 0.29) is 5.69 Å². The van der Waals surface area contributed by atoms with Crippen molar-refractivity contribution in [3.63, 3.8) is 0 Å². The number of nitrogens with zero attached hydrogens (tertiary/aromatic N) is 2. The fraction of sp³-hybridized carbons (Fsp3) is 0.200. The molecule has 1 aromatic heterocycles. The Morgan fingerprint density at radius 1 is 1.23 bits per heavy atom. The Morgan fingerprint density at radius 3 is 2.80 bits per heavy atom. The standard InChI is InChI=1S/C20H20N4O4S2/c1-27-16-6-7-18(28-2)14(11-16)8-9-21-19(29)23-20-22-17(12-30-20)13-4-3-5-15(10-13)24(25)26/h3-7,10-12H,8-9H2,1-2H3,(H2,21,22,23,29). The number of hydrogen-bond acceptors (Lipinski definition) is 7. The third-order valence-electron chi connectivity index (χ3n) is 4.24. The molecule has 0 saturated carbocycles. The van der Waals surface area contributed by atoms with Crippen LogP contribution in [0.4, 0.5) is 10.8 Å². The summed E-state index contributed by atoms with van der Waals surface area (Å²) in [6.45, 7) is 0.596. The molecule has 0 radical (unpaired) electrons. The Labute approximate surface area is 183 Å². The number of nitro groups is 1. The predicted octanol–water partition coefficient (Wildman–Crippen LogP) is 4.26. The van der Waals surface area contributed by atoms with Gasteiger partial charge in [0.25, 0.3) is 5.69 Å². The Kier molecular flexibility index (Phi) is 7.15. The molecule has 156 valence electrons. The summed E-state index contributed by atoms with van der Waals surface area (Å²) in [5.41, 5.74) is 2.36. The lowest BCUT2D eigenvalue weighted by Crippen LogP contribution is -2.30. The molecule has 10 heteroatoms. The number of ether oxygens (including phenoxy) is 2. The Balaban J connectivity index is 1.56. The molecule has 8 nitrogen and oxygen atoms in total. The summed E-state index contributed by atoms with van der Waals surface area (Å²) in [7, 11) is 3.26. The van der Waals surface area contributed by atoms with Crippen LogP contribution in [0.2, 0.25) is 0 Å². The zero-order valence-electron chi connectivity index (χ0n) is 16.4. The van der Waals surface area contributed by atoms with Gasteiger partial charge in [-0.2, -0.15) is 0 Å². The molecule has 30 heavy (non-hydrogen) atoms. The minimum atomic E-state index is -0.425. The number of benzene rings is 2. The molecule has 1 heterocycles. The second-order valence-electron chi connectivity index (χ2n) is 6.15. The minimum absolute atomic E-state index is 0.0279. The number of aromatic nitrogens is 1. The third kappa shape index (κ3) is 5.43. The Hall–Kier alpha value is -3.24. The van der Waals surface area contributed by atoms with E-state index in [9.17, 15) is 10.1 Å². The van der Waals surface area contributed by atoms with Crippen LogP contribution in [0.1, 0.15) is 5.56 Å². The van der Waals surface area contributed by atoms with Crippen molar-refractivity contribution >= 4 is 39.5 Å². The molecule has 2 aromatic carbocycles. The first kappa shape index (κ1) is 21.5. The highest BCUT2D eigenvalue weighted by Crippen LogP contribution is 2.27. The Bertz CT molecular complexity index is 1050. The highest BCUT2D eigenvalue weighted by molar-refractivity contribution is 7.80. The summed E-state index contributed by atoms with van der Waals surface area (Å²) in [6.07, 6.45) is 0.693. The number of thiazole rings is 1. The molecular formula is C20H20N4O4S2. The molecule has 0 amide bonds. The van der Waals surface area contributed by atoms with Gasteiger partial charge in [-0.05, 0) is 42.4 Å². The van der Waals surface area contributed by atoms with Crippen LogP contribution in [0.5, 0.6) is 11.5 Å². The normalized spacial score (nSPS) is 10.3. The lowest BCUT2D eigenvalue weighted by Gasteiger charge is -2.12. The van der Waals surface area contributed by atoms with Gasteiger partial charge in [0.15, 0.2) is 10.2 Å². The summed E-state index contributed by atoms with van der Waals surface area (Å²) in [5, 5.41) is 20.0. The predicted molar refractivity (Wildman–Crippen MR) is 122 cm³/mol. The highest BCUT2D eigenvalue weighted by Gasteiger charge is 2.11. The van der Waals surface area contributed by atoms with Gasteiger partial charge < -0.3 is 20.1 Å². The van der Waals surface area contributed by atoms with Crippen LogP contribution < -0.4 is 20.1 Å². The van der Waals surface area contributed by atoms with Crippen LogP contribution in [0.3, 0.4) is 0 Å². The van der Waals surface area contributed by atoms with Gasteiger partial charge in [0.05, 0.1) is 24.8 Å². The van der Waals surface area contributed by atoms with Gasteiger partial charge in [0.2, 0.25) is 0 Å². The van der Waals surface area contributed by atoms with Crippen LogP contribution >= 0.6 is 23.6 Å². The molecule has 3 rings (SSSR count).